The lowest BCUT2D eigenvalue weighted by molar-refractivity contribution is 0.332. The van der Waals surface area contributed by atoms with Crippen LogP contribution in [0, 0.1) is 6.92 Å². The third-order valence-electron chi connectivity index (χ3n) is 20.8. The lowest BCUT2D eigenvalue weighted by Gasteiger charge is -2.48. The van der Waals surface area contributed by atoms with E-state index in [1.165, 1.54) is 110 Å². The van der Waals surface area contributed by atoms with E-state index in [-0.39, 0.29) is 39.3 Å². The first-order valence-corrected chi connectivity index (χ1v) is 32.1. The number of aryl methyl sites for hydroxylation is 1. The average molecular weight is 1130 g/mol. The largest absolute Gasteiger partial charge is 0.456 e. The molecule has 6 heteroatoms. The van der Waals surface area contributed by atoms with Gasteiger partial charge in [0.2, 0.25) is 0 Å². The van der Waals surface area contributed by atoms with Crippen molar-refractivity contribution in [2.75, 3.05) is 14.6 Å². The minimum Gasteiger partial charge on any atom is -0.456 e. The van der Waals surface area contributed by atoms with Crippen LogP contribution in [0.3, 0.4) is 0 Å². The monoisotopic (exact) mass is 1130 g/mol. The molecule has 0 spiro atoms. The van der Waals surface area contributed by atoms with Crippen LogP contribution < -0.4 is 25.5 Å². The molecule has 4 aliphatic rings. The molecule has 0 saturated heterocycles. The second-order valence-corrected chi connectivity index (χ2v) is 31.4. The van der Waals surface area contributed by atoms with E-state index in [9.17, 15) is 0 Å². The van der Waals surface area contributed by atoms with E-state index in [0.717, 1.165) is 64.7 Å². The minimum absolute atomic E-state index is 0.00161. The molecule has 2 aromatic heterocycles. The summed E-state index contributed by atoms with van der Waals surface area (Å²) < 4.78 is 9.59. The lowest BCUT2D eigenvalue weighted by Crippen LogP contribution is -2.61. The first kappa shape index (κ1) is 54.1. The summed E-state index contributed by atoms with van der Waals surface area (Å²) >= 11 is 1.94. The fourth-order valence-electron chi connectivity index (χ4n) is 15.4. The van der Waals surface area contributed by atoms with Crippen LogP contribution >= 0.6 is 11.3 Å². The van der Waals surface area contributed by atoms with Crippen molar-refractivity contribution in [1.29, 1.82) is 0 Å². The predicted molar refractivity (Wildman–Crippen MR) is 368 cm³/mol. The maximum Gasteiger partial charge on any atom is 0.333 e. The van der Waals surface area contributed by atoms with Gasteiger partial charge in [0, 0.05) is 87.6 Å². The van der Waals surface area contributed by atoms with Gasteiger partial charge in [-0.3, -0.25) is 0 Å². The van der Waals surface area contributed by atoms with Crippen molar-refractivity contribution in [3.8, 4) is 11.1 Å². The van der Waals surface area contributed by atoms with Gasteiger partial charge in [-0.15, -0.1) is 11.3 Å². The topological polar surface area (TPSA) is 22.9 Å². The van der Waals surface area contributed by atoms with Gasteiger partial charge in [0.15, 0.2) is 0 Å². The van der Waals surface area contributed by atoms with Crippen molar-refractivity contribution in [1.82, 2.24) is 0 Å². The molecule has 9 aromatic carbocycles. The molecule has 0 radical (unpaired) electrons. The van der Waals surface area contributed by atoms with E-state index < -0.39 is 0 Å². The molecule has 85 heavy (non-hydrogen) atoms. The Morgan fingerprint density at radius 3 is 1.79 bits per heavy atom. The highest BCUT2D eigenvalue weighted by Crippen LogP contribution is 2.57. The minimum atomic E-state index is -0.244. The van der Waals surface area contributed by atoms with Gasteiger partial charge in [0.25, 0.3) is 0 Å². The number of fused-ring (bicyclic) bond motifs is 13. The summed E-state index contributed by atoms with van der Waals surface area (Å²) in [5.74, 6) is 0. The highest BCUT2D eigenvalue weighted by molar-refractivity contribution is 7.26. The fourth-order valence-corrected chi connectivity index (χ4v) is 16.7. The summed E-state index contributed by atoms with van der Waals surface area (Å²) in [6.07, 6.45) is 4.59. The maximum absolute atomic E-state index is 6.97. The lowest BCUT2D eigenvalue weighted by atomic mass is 9.43. The molecule has 0 saturated carbocycles. The van der Waals surface area contributed by atoms with Gasteiger partial charge in [-0.05, 0) is 206 Å². The Morgan fingerprint density at radius 1 is 0.471 bits per heavy atom. The Morgan fingerprint density at radius 2 is 1.08 bits per heavy atom. The number of nitrogens with zero attached hydrogens (tertiary/aromatic N) is 3. The normalized spacial score (nSPS) is 17.2. The summed E-state index contributed by atoms with van der Waals surface area (Å²) in [5.41, 5.74) is 26.3. The molecule has 4 nitrogen and oxygen atoms in total. The summed E-state index contributed by atoms with van der Waals surface area (Å²) in [5, 5.41) is 4.86. The first-order chi connectivity index (χ1) is 40.3. The SMILES string of the molecule is Cc1cc2c(cc1N1c3ccc(N(c4ccc(C(C)(C)C)cc4)c4cccc(C(C)(C)C)c4)cc3B3c4c1cc1c(sc5ccccc51)c4-c1cc4oc5ccccc5c4cc1N3c1ccc3c(c1)C(C)(C)CCC3(C)C)C(C)(C)CCC2(C)C. The molecule has 11 aromatic rings. The van der Waals surface area contributed by atoms with Crippen LogP contribution in [0.25, 0.3) is 53.2 Å². The van der Waals surface area contributed by atoms with Gasteiger partial charge in [-0.25, -0.2) is 0 Å². The van der Waals surface area contributed by atoms with E-state index in [2.05, 4.69) is 282 Å². The van der Waals surface area contributed by atoms with Crippen molar-refractivity contribution in [3.63, 3.8) is 0 Å². The maximum atomic E-state index is 6.97. The Kier molecular flexibility index (Phi) is 11.6. The van der Waals surface area contributed by atoms with E-state index in [4.69, 9.17) is 4.42 Å². The van der Waals surface area contributed by atoms with E-state index in [1.54, 1.807) is 0 Å². The summed E-state index contributed by atoms with van der Waals surface area (Å²) in [6, 6.07) is 64.2. The van der Waals surface area contributed by atoms with E-state index >= 15 is 0 Å². The van der Waals surface area contributed by atoms with Gasteiger partial charge in [-0.1, -0.05) is 170 Å². The highest BCUT2D eigenvalue weighted by atomic mass is 32.1. The molecule has 0 N–H and O–H groups in total. The zero-order valence-corrected chi connectivity index (χ0v) is 53.5. The number of anilines is 8. The fraction of sp³-hybridized carbons (Fsp3) is 0.316. The second kappa shape index (κ2) is 18.3. The molecule has 0 bridgehead atoms. The smallest absolute Gasteiger partial charge is 0.333 e. The van der Waals surface area contributed by atoms with Crippen LogP contribution in [0.1, 0.15) is 162 Å². The standard InChI is InChI=1S/C79H80BN3OS/c1-47-39-60-62(79(14,15)38-37-77(60,10)11)46-65(47)82-64-34-32-52(81(50-29-27-48(28-30-50)74(2,3)4)51-22-20-21-49(40-51)75(5,6)7)42-63(64)80-72-67(82)44-57-55-24-17-19-26-70(55)85-73(57)71(72)58-45-69-56(54-23-16-18-25-68(54)84-69)43-66(58)83(80)53-31-33-59-61(41-53)78(12,13)36-35-76(59,8)9/h16-34,39-46H,35-38H2,1-15H3. The summed E-state index contributed by atoms with van der Waals surface area (Å²) in [4.78, 5) is 8.00. The van der Waals surface area contributed by atoms with Crippen molar-refractivity contribution in [2.45, 2.75) is 162 Å². The number of thiophene rings is 1. The predicted octanol–water partition coefficient (Wildman–Crippen LogP) is 21.7. The molecule has 426 valence electrons. The van der Waals surface area contributed by atoms with Gasteiger partial charge >= 0.3 is 6.85 Å². The third kappa shape index (κ3) is 8.27. The zero-order valence-electron chi connectivity index (χ0n) is 52.7. The molecule has 2 aliphatic heterocycles. The molecule has 0 atom stereocenters. The highest BCUT2D eigenvalue weighted by Gasteiger charge is 2.49. The molecule has 0 amide bonds. The van der Waals surface area contributed by atoms with Crippen molar-refractivity contribution in [3.05, 3.63) is 203 Å². The van der Waals surface area contributed by atoms with Crippen LogP contribution in [0.4, 0.5) is 45.5 Å². The molecular weight excluding hydrogens is 1050 g/mol. The Hall–Kier alpha value is -7.54. The van der Waals surface area contributed by atoms with Crippen molar-refractivity contribution in [2.24, 2.45) is 0 Å². The summed E-state index contributed by atoms with van der Waals surface area (Å²) in [7, 11) is 0. The molecule has 2 aliphatic carbocycles. The molecular formula is C79H80BN3OS. The second-order valence-electron chi connectivity index (χ2n) is 30.4. The van der Waals surface area contributed by atoms with E-state index in [1.807, 2.05) is 11.3 Å². The van der Waals surface area contributed by atoms with Crippen LogP contribution in [-0.4, -0.2) is 6.85 Å². The van der Waals surface area contributed by atoms with E-state index in [0.29, 0.717) is 0 Å². The molecule has 15 rings (SSSR count). The summed E-state index contributed by atoms with van der Waals surface area (Å²) in [6.45, 7) is 35.8. The van der Waals surface area contributed by atoms with Crippen molar-refractivity contribution >= 4 is 117 Å². The Bertz CT molecular complexity index is 4610. The number of hydrogen-bond donors (Lipinski definition) is 0. The van der Waals surface area contributed by atoms with Crippen LogP contribution in [0.2, 0.25) is 0 Å². The number of furan rings is 1. The Balaban J connectivity index is 1.10. The van der Waals surface area contributed by atoms with Crippen LogP contribution in [0.5, 0.6) is 0 Å². The van der Waals surface area contributed by atoms with Gasteiger partial charge in [0.1, 0.15) is 11.2 Å². The Labute approximate surface area is 508 Å². The average Bonchev–Trinajstić information content (AvgIpc) is 1.66. The molecule has 0 unspecified atom stereocenters. The first-order valence-electron chi connectivity index (χ1n) is 31.3. The van der Waals surface area contributed by atoms with Crippen LogP contribution in [0.15, 0.2) is 168 Å². The van der Waals surface area contributed by atoms with Gasteiger partial charge in [0.05, 0.1) is 0 Å². The third-order valence-corrected chi connectivity index (χ3v) is 22.0. The number of para-hydroxylation sites is 1. The van der Waals surface area contributed by atoms with Crippen molar-refractivity contribution < 1.29 is 4.42 Å². The quantitative estimate of drug-likeness (QED) is 0.160. The van der Waals surface area contributed by atoms with Crippen LogP contribution in [-0.2, 0) is 32.5 Å². The number of benzene rings is 9. The van der Waals surface area contributed by atoms with Gasteiger partial charge < -0.3 is 19.0 Å². The number of rotatable bonds is 5. The number of hydrogen-bond acceptors (Lipinski definition) is 5. The molecule has 0 fully saturated rings. The molecule has 4 heterocycles. The zero-order chi connectivity index (χ0) is 59.2. The van der Waals surface area contributed by atoms with Gasteiger partial charge in [-0.2, -0.15) is 0 Å².